The van der Waals surface area contributed by atoms with Gasteiger partial charge in [0.15, 0.2) is 0 Å². The average molecular weight is 280 g/mol. The molecule has 2 rings (SSSR count). The van der Waals surface area contributed by atoms with Crippen LogP contribution in [-0.4, -0.2) is 8.42 Å². The van der Waals surface area contributed by atoms with Gasteiger partial charge in [-0.05, 0) is 42.8 Å². The maximum Gasteiger partial charge on any atom is 0.262 e. The summed E-state index contributed by atoms with van der Waals surface area (Å²) in [6.45, 7) is 1.73. The van der Waals surface area contributed by atoms with Crippen LogP contribution in [0.1, 0.15) is 5.56 Å². The third-order valence-electron chi connectivity index (χ3n) is 2.50. The normalized spacial score (nSPS) is 11.3. The zero-order valence-electron chi connectivity index (χ0n) is 10.2. The number of rotatable bonds is 3. The van der Waals surface area contributed by atoms with Gasteiger partial charge in [0.25, 0.3) is 10.0 Å². The van der Waals surface area contributed by atoms with Gasteiger partial charge in [-0.3, -0.25) is 4.72 Å². The Kier molecular flexibility index (Phi) is 3.44. The predicted molar refractivity (Wildman–Crippen MR) is 72.8 cm³/mol. The summed E-state index contributed by atoms with van der Waals surface area (Å²) < 4.78 is 39.9. The van der Waals surface area contributed by atoms with Gasteiger partial charge in [-0.15, -0.1) is 0 Å². The van der Waals surface area contributed by atoms with Gasteiger partial charge in [-0.1, -0.05) is 12.1 Å². The highest BCUT2D eigenvalue weighted by Gasteiger charge is 2.16. The largest absolute Gasteiger partial charge is 0.399 e. The molecule has 0 heterocycles. The molecular weight excluding hydrogens is 267 g/mol. The Labute approximate surface area is 111 Å². The Morgan fingerprint density at radius 3 is 2.47 bits per heavy atom. The van der Waals surface area contributed by atoms with Crippen LogP contribution in [0.2, 0.25) is 0 Å². The summed E-state index contributed by atoms with van der Waals surface area (Å²) >= 11 is 0. The van der Waals surface area contributed by atoms with Gasteiger partial charge in [-0.2, -0.15) is 0 Å². The summed E-state index contributed by atoms with van der Waals surface area (Å²) in [4.78, 5) is 0.00764. The second kappa shape index (κ2) is 4.89. The molecule has 0 amide bonds. The van der Waals surface area contributed by atoms with Crippen LogP contribution >= 0.6 is 0 Å². The van der Waals surface area contributed by atoms with Crippen LogP contribution < -0.4 is 10.5 Å². The van der Waals surface area contributed by atoms with E-state index in [0.717, 1.165) is 0 Å². The van der Waals surface area contributed by atoms with Gasteiger partial charge in [0, 0.05) is 5.69 Å². The molecule has 0 saturated heterocycles. The van der Waals surface area contributed by atoms with E-state index in [9.17, 15) is 12.8 Å². The Balaban J connectivity index is 2.41. The molecule has 0 spiro atoms. The molecule has 0 radical (unpaired) electrons. The van der Waals surface area contributed by atoms with E-state index in [0.29, 0.717) is 11.3 Å². The van der Waals surface area contributed by atoms with Crippen molar-refractivity contribution in [3.8, 4) is 0 Å². The smallest absolute Gasteiger partial charge is 0.262 e. The molecule has 0 unspecified atom stereocenters. The quantitative estimate of drug-likeness (QED) is 0.848. The lowest BCUT2D eigenvalue weighted by Crippen LogP contribution is -2.14. The number of nitrogens with two attached hydrogens (primary N) is 1. The van der Waals surface area contributed by atoms with E-state index in [-0.39, 0.29) is 10.6 Å². The van der Waals surface area contributed by atoms with Crippen molar-refractivity contribution >= 4 is 21.4 Å². The van der Waals surface area contributed by atoms with Crippen molar-refractivity contribution in [2.75, 3.05) is 10.5 Å². The molecule has 0 bridgehead atoms. The predicted octanol–water partition coefficient (Wildman–Crippen LogP) is 2.52. The summed E-state index contributed by atoms with van der Waals surface area (Å²) in [5.41, 5.74) is 6.58. The first kappa shape index (κ1) is 13.4. The highest BCUT2D eigenvalue weighted by atomic mass is 32.2. The van der Waals surface area contributed by atoms with Crippen LogP contribution in [0.3, 0.4) is 0 Å². The van der Waals surface area contributed by atoms with E-state index < -0.39 is 15.8 Å². The number of aryl methyl sites for hydroxylation is 1. The molecular formula is C13H13FN2O2S. The molecule has 0 aromatic heterocycles. The van der Waals surface area contributed by atoms with Crippen molar-refractivity contribution in [1.29, 1.82) is 0 Å². The SMILES string of the molecule is Cc1cc(N)cc(S(=O)(=O)Nc2ccccc2F)c1. The first-order valence-corrected chi connectivity index (χ1v) is 7.01. The number of hydrogen-bond acceptors (Lipinski definition) is 3. The number of sulfonamides is 1. The molecule has 19 heavy (non-hydrogen) atoms. The number of nitrogens with one attached hydrogen (secondary N) is 1. The van der Waals surface area contributed by atoms with Gasteiger partial charge in [0.1, 0.15) is 5.82 Å². The highest BCUT2D eigenvalue weighted by molar-refractivity contribution is 7.92. The van der Waals surface area contributed by atoms with E-state index in [1.165, 1.54) is 30.3 Å². The van der Waals surface area contributed by atoms with Crippen LogP contribution in [0, 0.1) is 12.7 Å². The molecule has 3 N–H and O–H groups in total. The molecule has 0 aliphatic carbocycles. The number of hydrogen-bond donors (Lipinski definition) is 2. The van der Waals surface area contributed by atoms with Crippen molar-refractivity contribution < 1.29 is 12.8 Å². The van der Waals surface area contributed by atoms with E-state index in [2.05, 4.69) is 4.72 Å². The van der Waals surface area contributed by atoms with Crippen molar-refractivity contribution in [2.24, 2.45) is 0 Å². The molecule has 6 heteroatoms. The minimum atomic E-state index is -3.85. The van der Waals surface area contributed by atoms with Crippen LogP contribution in [0.15, 0.2) is 47.4 Å². The van der Waals surface area contributed by atoms with Gasteiger partial charge < -0.3 is 5.73 Å². The van der Waals surface area contributed by atoms with Gasteiger partial charge in [-0.25, -0.2) is 12.8 Å². The maximum atomic E-state index is 13.4. The molecule has 0 saturated carbocycles. The summed E-state index contributed by atoms with van der Waals surface area (Å²) in [7, 11) is -3.85. The third kappa shape index (κ3) is 3.03. The van der Waals surface area contributed by atoms with Gasteiger partial charge in [0.05, 0.1) is 10.6 Å². The molecule has 2 aromatic carbocycles. The van der Waals surface area contributed by atoms with Crippen LogP contribution in [-0.2, 0) is 10.0 Å². The van der Waals surface area contributed by atoms with Crippen LogP contribution in [0.5, 0.6) is 0 Å². The number of nitrogen functional groups attached to an aromatic ring is 1. The standard InChI is InChI=1S/C13H13FN2O2S/c1-9-6-10(15)8-11(7-9)19(17,18)16-13-5-3-2-4-12(13)14/h2-8,16H,15H2,1H3. The minimum absolute atomic E-state index is 0.00764. The second-order valence-electron chi connectivity index (χ2n) is 4.16. The first-order valence-electron chi connectivity index (χ1n) is 5.53. The fourth-order valence-electron chi connectivity index (χ4n) is 1.68. The zero-order chi connectivity index (χ0) is 14.0. The fraction of sp³-hybridized carbons (Fsp3) is 0.0769. The summed E-state index contributed by atoms with van der Waals surface area (Å²) in [6.07, 6.45) is 0. The first-order chi connectivity index (χ1) is 8.88. The lowest BCUT2D eigenvalue weighted by Gasteiger charge is -2.10. The fourth-order valence-corrected chi connectivity index (χ4v) is 2.88. The molecule has 0 aliphatic heterocycles. The molecule has 100 valence electrons. The minimum Gasteiger partial charge on any atom is -0.399 e. The highest BCUT2D eigenvalue weighted by Crippen LogP contribution is 2.21. The average Bonchev–Trinajstić information content (AvgIpc) is 2.31. The Morgan fingerprint density at radius 1 is 1.16 bits per heavy atom. The monoisotopic (exact) mass is 280 g/mol. The Hall–Kier alpha value is -2.08. The summed E-state index contributed by atoms with van der Waals surface area (Å²) in [5.74, 6) is -0.633. The van der Waals surface area contributed by atoms with Gasteiger partial charge >= 0.3 is 0 Å². The van der Waals surface area contributed by atoms with E-state index in [1.807, 2.05) is 0 Å². The zero-order valence-corrected chi connectivity index (χ0v) is 11.0. The number of anilines is 2. The number of para-hydroxylation sites is 1. The Bertz CT molecular complexity index is 694. The number of benzene rings is 2. The molecule has 2 aromatic rings. The van der Waals surface area contributed by atoms with Crippen molar-refractivity contribution in [3.05, 3.63) is 53.8 Å². The second-order valence-corrected chi connectivity index (χ2v) is 5.85. The lowest BCUT2D eigenvalue weighted by atomic mass is 10.2. The Morgan fingerprint density at radius 2 is 1.84 bits per heavy atom. The van der Waals surface area contributed by atoms with Crippen LogP contribution in [0.4, 0.5) is 15.8 Å². The maximum absolute atomic E-state index is 13.4. The van der Waals surface area contributed by atoms with E-state index in [4.69, 9.17) is 5.73 Å². The molecule has 0 atom stereocenters. The third-order valence-corrected chi connectivity index (χ3v) is 3.85. The van der Waals surface area contributed by atoms with Crippen molar-refractivity contribution in [3.63, 3.8) is 0 Å². The summed E-state index contributed by atoms with van der Waals surface area (Å²) in [6, 6.07) is 10.0. The summed E-state index contributed by atoms with van der Waals surface area (Å²) in [5, 5.41) is 0. The molecule has 0 fully saturated rings. The molecule has 4 nitrogen and oxygen atoms in total. The van der Waals surface area contributed by atoms with Crippen molar-refractivity contribution in [2.45, 2.75) is 11.8 Å². The van der Waals surface area contributed by atoms with Crippen LogP contribution in [0.25, 0.3) is 0 Å². The molecule has 0 aliphatic rings. The van der Waals surface area contributed by atoms with Gasteiger partial charge in [0.2, 0.25) is 0 Å². The van der Waals surface area contributed by atoms with Crippen molar-refractivity contribution in [1.82, 2.24) is 0 Å². The lowest BCUT2D eigenvalue weighted by molar-refractivity contribution is 0.598. The topological polar surface area (TPSA) is 72.2 Å². The van der Waals surface area contributed by atoms with E-state index in [1.54, 1.807) is 19.1 Å². The van der Waals surface area contributed by atoms with E-state index >= 15 is 0 Å². The number of halogens is 1.